The van der Waals surface area contributed by atoms with Crippen LogP contribution in [0.2, 0.25) is 5.02 Å². The molecule has 1 N–H and O–H groups in total. The normalized spacial score (nSPS) is 15.1. The van der Waals surface area contributed by atoms with Gasteiger partial charge in [-0.25, -0.2) is 0 Å². The van der Waals surface area contributed by atoms with E-state index in [1.165, 1.54) is 34.2 Å². The molecule has 0 atom stereocenters. The summed E-state index contributed by atoms with van der Waals surface area (Å²) in [5.41, 5.74) is 2.38. The minimum absolute atomic E-state index is 0.0598. The van der Waals surface area contributed by atoms with Gasteiger partial charge in [0.05, 0.1) is 31.1 Å². The molecule has 3 rings (SSSR count). The highest BCUT2D eigenvalue weighted by molar-refractivity contribution is 6.31. The van der Waals surface area contributed by atoms with Crippen molar-refractivity contribution in [1.82, 2.24) is 4.90 Å². The van der Waals surface area contributed by atoms with Gasteiger partial charge in [-0.05, 0) is 19.1 Å². The number of piperazine rings is 1. The highest BCUT2D eigenvalue weighted by Gasteiger charge is 2.29. The Labute approximate surface area is 157 Å². The van der Waals surface area contributed by atoms with Crippen LogP contribution in [0, 0.1) is 17.0 Å². The molecule has 0 radical (unpaired) electrons. The average molecular weight is 375 g/mol. The Bertz CT molecular complexity index is 833. The van der Waals surface area contributed by atoms with Crippen LogP contribution >= 0.6 is 11.6 Å². The molecule has 0 unspecified atom stereocenters. The topological polar surface area (TPSA) is 67.9 Å². The highest BCUT2D eigenvalue weighted by Crippen LogP contribution is 2.24. The van der Waals surface area contributed by atoms with Crippen LogP contribution in [0.1, 0.15) is 21.5 Å². The lowest BCUT2D eigenvalue weighted by Gasteiger charge is -2.32. The molecule has 1 saturated heterocycles. The number of aryl methyl sites for hydroxylation is 1. The number of amides is 1. The Kier molecular flexibility index (Phi) is 5.54. The third-order valence-electron chi connectivity index (χ3n) is 4.68. The number of benzene rings is 2. The van der Waals surface area contributed by atoms with Crippen molar-refractivity contribution in [2.24, 2.45) is 0 Å². The van der Waals surface area contributed by atoms with Crippen molar-refractivity contribution < 1.29 is 14.6 Å². The van der Waals surface area contributed by atoms with E-state index >= 15 is 0 Å². The number of rotatable bonds is 4. The van der Waals surface area contributed by atoms with Crippen LogP contribution < -0.4 is 4.90 Å². The van der Waals surface area contributed by atoms with E-state index in [4.69, 9.17) is 11.6 Å². The van der Waals surface area contributed by atoms with Gasteiger partial charge in [-0.15, -0.1) is 0 Å². The van der Waals surface area contributed by atoms with Crippen LogP contribution in [0.15, 0.2) is 42.5 Å². The lowest BCUT2D eigenvalue weighted by atomic mass is 10.1. The van der Waals surface area contributed by atoms with Crippen LogP contribution in [0.5, 0.6) is 0 Å². The van der Waals surface area contributed by atoms with Crippen molar-refractivity contribution in [3.8, 4) is 0 Å². The van der Waals surface area contributed by atoms with Gasteiger partial charge in [-0.3, -0.25) is 14.9 Å². The molecule has 0 saturated carbocycles. The molecular weight excluding hydrogens is 354 g/mol. The molecule has 2 aromatic carbocycles. The van der Waals surface area contributed by atoms with E-state index in [2.05, 4.69) is 31.2 Å². The zero-order valence-electron chi connectivity index (χ0n) is 14.6. The SMILES string of the molecule is Cc1cccc(C[NH+]2CCN(C(=O)c3cc(Cl)ccc3[N+](=O)[O-])CC2)c1. The smallest absolute Gasteiger partial charge is 0.282 e. The first-order valence-electron chi connectivity index (χ1n) is 8.56. The number of nitro benzene ring substituents is 1. The highest BCUT2D eigenvalue weighted by atomic mass is 35.5. The Balaban J connectivity index is 1.66. The van der Waals surface area contributed by atoms with Gasteiger partial charge < -0.3 is 9.80 Å². The monoisotopic (exact) mass is 374 g/mol. The van der Waals surface area contributed by atoms with Crippen molar-refractivity contribution in [1.29, 1.82) is 0 Å². The number of nitro groups is 1. The Morgan fingerprint density at radius 3 is 2.62 bits per heavy atom. The molecule has 6 nitrogen and oxygen atoms in total. The first-order chi connectivity index (χ1) is 12.4. The molecule has 0 aliphatic carbocycles. The first kappa shape index (κ1) is 18.4. The van der Waals surface area contributed by atoms with Gasteiger partial charge in [0.2, 0.25) is 0 Å². The molecule has 136 valence electrons. The lowest BCUT2D eigenvalue weighted by Crippen LogP contribution is -3.13. The molecule has 7 heteroatoms. The number of nitrogens with zero attached hydrogens (tertiary/aromatic N) is 2. The predicted molar refractivity (Wildman–Crippen MR) is 99.6 cm³/mol. The Hall–Kier alpha value is -2.44. The van der Waals surface area contributed by atoms with Crippen molar-refractivity contribution >= 4 is 23.2 Å². The van der Waals surface area contributed by atoms with Crippen molar-refractivity contribution in [3.63, 3.8) is 0 Å². The molecule has 1 fully saturated rings. The zero-order valence-corrected chi connectivity index (χ0v) is 15.3. The minimum Gasteiger partial charge on any atom is -0.328 e. The molecule has 26 heavy (non-hydrogen) atoms. The molecular formula is C19H21ClN3O3+. The molecule has 1 aliphatic rings. The summed E-state index contributed by atoms with van der Waals surface area (Å²) in [6.07, 6.45) is 0. The summed E-state index contributed by atoms with van der Waals surface area (Å²) in [7, 11) is 0. The Morgan fingerprint density at radius 1 is 1.23 bits per heavy atom. The van der Waals surface area contributed by atoms with Crippen molar-refractivity contribution in [2.45, 2.75) is 13.5 Å². The van der Waals surface area contributed by atoms with E-state index in [0.29, 0.717) is 18.1 Å². The van der Waals surface area contributed by atoms with Crippen LogP contribution in [-0.2, 0) is 6.54 Å². The standard InChI is InChI=1S/C19H20ClN3O3/c1-14-3-2-4-15(11-14)13-21-7-9-22(10-8-21)19(24)17-12-16(20)5-6-18(17)23(25)26/h2-6,11-12H,7-10,13H2,1H3/p+1. The van der Waals surface area contributed by atoms with Gasteiger partial charge in [0.25, 0.3) is 11.6 Å². The maximum atomic E-state index is 12.7. The van der Waals surface area contributed by atoms with Crippen LogP contribution in [0.25, 0.3) is 0 Å². The summed E-state index contributed by atoms with van der Waals surface area (Å²) in [5.74, 6) is -0.325. The van der Waals surface area contributed by atoms with E-state index in [1.54, 1.807) is 4.90 Å². The fourth-order valence-corrected chi connectivity index (χ4v) is 3.49. The maximum absolute atomic E-state index is 12.7. The molecule has 0 spiro atoms. The predicted octanol–water partition coefficient (Wildman–Crippen LogP) is 2.10. The molecule has 1 heterocycles. The second-order valence-corrected chi connectivity index (χ2v) is 7.06. The number of hydrogen-bond acceptors (Lipinski definition) is 3. The van der Waals surface area contributed by atoms with Gasteiger partial charge in [-0.1, -0.05) is 41.4 Å². The van der Waals surface area contributed by atoms with E-state index in [0.717, 1.165) is 19.6 Å². The van der Waals surface area contributed by atoms with E-state index in [1.807, 2.05) is 0 Å². The first-order valence-corrected chi connectivity index (χ1v) is 8.94. The largest absolute Gasteiger partial charge is 0.328 e. The molecule has 0 bridgehead atoms. The van der Waals surface area contributed by atoms with E-state index in [9.17, 15) is 14.9 Å². The third-order valence-corrected chi connectivity index (χ3v) is 4.92. The van der Waals surface area contributed by atoms with Gasteiger partial charge in [0, 0.05) is 16.7 Å². The number of halogens is 1. The second-order valence-electron chi connectivity index (χ2n) is 6.63. The number of hydrogen-bond donors (Lipinski definition) is 1. The molecule has 2 aromatic rings. The lowest BCUT2D eigenvalue weighted by molar-refractivity contribution is -0.917. The van der Waals surface area contributed by atoms with Crippen LogP contribution in [0.4, 0.5) is 5.69 Å². The number of carbonyl (C=O) groups is 1. The van der Waals surface area contributed by atoms with Gasteiger partial charge in [0.15, 0.2) is 0 Å². The fraction of sp³-hybridized carbons (Fsp3) is 0.316. The summed E-state index contributed by atoms with van der Waals surface area (Å²) in [4.78, 5) is 26.5. The maximum Gasteiger partial charge on any atom is 0.282 e. The number of carbonyl (C=O) groups excluding carboxylic acids is 1. The quantitative estimate of drug-likeness (QED) is 0.658. The molecule has 1 aliphatic heterocycles. The number of quaternary nitrogens is 1. The average Bonchev–Trinajstić information content (AvgIpc) is 2.61. The van der Waals surface area contributed by atoms with Gasteiger partial charge >= 0.3 is 0 Å². The minimum atomic E-state index is -0.539. The Morgan fingerprint density at radius 2 is 1.96 bits per heavy atom. The number of nitrogens with one attached hydrogen (secondary N) is 1. The summed E-state index contributed by atoms with van der Waals surface area (Å²) in [5, 5.41) is 11.5. The second kappa shape index (κ2) is 7.85. The van der Waals surface area contributed by atoms with Crippen LogP contribution in [0.3, 0.4) is 0 Å². The van der Waals surface area contributed by atoms with Crippen molar-refractivity contribution in [2.75, 3.05) is 26.2 Å². The summed E-state index contributed by atoms with van der Waals surface area (Å²) in [6.45, 7) is 5.77. The third kappa shape index (κ3) is 4.20. The van der Waals surface area contributed by atoms with Gasteiger partial charge in [0.1, 0.15) is 12.1 Å². The zero-order chi connectivity index (χ0) is 18.7. The van der Waals surface area contributed by atoms with Crippen LogP contribution in [-0.4, -0.2) is 41.9 Å². The summed E-state index contributed by atoms with van der Waals surface area (Å²) >= 11 is 5.93. The molecule has 0 aromatic heterocycles. The van der Waals surface area contributed by atoms with Gasteiger partial charge in [-0.2, -0.15) is 0 Å². The molecule has 1 amide bonds. The summed E-state index contributed by atoms with van der Waals surface area (Å²) < 4.78 is 0. The van der Waals surface area contributed by atoms with Crippen molar-refractivity contribution in [3.05, 3.63) is 74.3 Å². The fourth-order valence-electron chi connectivity index (χ4n) is 3.32. The summed E-state index contributed by atoms with van der Waals surface area (Å²) in [6, 6.07) is 12.5. The van der Waals surface area contributed by atoms with E-state index in [-0.39, 0.29) is 17.2 Å². The van der Waals surface area contributed by atoms with E-state index < -0.39 is 4.92 Å².